The highest BCUT2D eigenvalue weighted by Gasteiger charge is 2.05. The van der Waals surface area contributed by atoms with Gasteiger partial charge in [0.05, 0.1) is 16.8 Å². The predicted octanol–water partition coefficient (Wildman–Crippen LogP) is 3.76. The summed E-state index contributed by atoms with van der Waals surface area (Å²) in [6.07, 6.45) is 1.73. The van der Waals surface area contributed by atoms with E-state index < -0.39 is 5.97 Å². The molecule has 0 saturated heterocycles. The van der Waals surface area contributed by atoms with Gasteiger partial charge in [0.1, 0.15) is 11.8 Å². The van der Waals surface area contributed by atoms with Gasteiger partial charge < -0.3 is 9.84 Å². The third kappa shape index (κ3) is 4.01. The predicted molar refractivity (Wildman–Crippen MR) is 94.8 cm³/mol. The molecule has 0 fully saturated rings. The number of allylic oxidation sites excluding steroid dienone is 1. The van der Waals surface area contributed by atoms with Gasteiger partial charge in [-0.3, -0.25) is 0 Å². The molecule has 0 aliphatic rings. The van der Waals surface area contributed by atoms with Gasteiger partial charge in [-0.15, -0.1) is 0 Å². The second kappa shape index (κ2) is 7.28. The number of hydrogen-bond acceptors (Lipinski definition) is 4. The molecule has 25 heavy (non-hydrogen) atoms. The molecular formula is C20H14N2O3. The monoisotopic (exact) mass is 330 g/mol. The van der Waals surface area contributed by atoms with Crippen LogP contribution in [0.5, 0.6) is 5.75 Å². The number of ether oxygens (including phenoxy) is 1. The van der Waals surface area contributed by atoms with Crippen molar-refractivity contribution in [1.82, 2.24) is 4.98 Å². The maximum absolute atomic E-state index is 10.5. The summed E-state index contributed by atoms with van der Waals surface area (Å²) in [5, 5.41) is 19.1. The number of rotatable bonds is 5. The highest BCUT2D eigenvalue weighted by molar-refractivity contribution is 5.90. The Bertz CT molecular complexity index is 986. The molecule has 0 unspecified atom stereocenters. The van der Waals surface area contributed by atoms with Crippen molar-refractivity contribution < 1.29 is 14.6 Å². The number of para-hydroxylation sites is 1. The molecule has 0 bridgehead atoms. The summed E-state index contributed by atoms with van der Waals surface area (Å²) in [5.41, 5.74) is 2.69. The minimum Gasteiger partial charge on any atom is -0.482 e. The number of aromatic nitrogens is 1. The molecule has 0 aliphatic carbocycles. The number of nitrogens with zero attached hydrogens (tertiary/aromatic N) is 2. The van der Waals surface area contributed by atoms with Crippen LogP contribution in [0.1, 0.15) is 11.3 Å². The summed E-state index contributed by atoms with van der Waals surface area (Å²) in [6, 6.07) is 20.5. The molecule has 0 amide bonds. The molecule has 2 aromatic carbocycles. The minimum atomic E-state index is -1.03. The quantitative estimate of drug-likeness (QED) is 0.720. The summed E-state index contributed by atoms with van der Waals surface area (Å²) in [5.74, 6) is -0.569. The van der Waals surface area contributed by atoms with Crippen LogP contribution in [0.15, 0.2) is 60.7 Å². The molecule has 0 saturated carbocycles. The zero-order valence-corrected chi connectivity index (χ0v) is 13.2. The second-order valence-electron chi connectivity index (χ2n) is 5.31. The summed E-state index contributed by atoms with van der Waals surface area (Å²) < 4.78 is 5.09. The molecule has 5 nitrogen and oxygen atoms in total. The minimum absolute atomic E-state index is 0.389. The van der Waals surface area contributed by atoms with E-state index in [0.717, 1.165) is 16.5 Å². The number of carboxylic acid groups (broad SMARTS) is 1. The molecule has 0 spiro atoms. The second-order valence-corrected chi connectivity index (χ2v) is 5.31. The first-order valence-corrected chi connectivity index (χ1v) is 7.58. The lowest BCUT2D eigenvalue weighted by Crippen LogP contribution is -2.09. The number of carbonyl (C=O) groups is 1. The Morgan fingerprint density at radius 2 is 1.88 bits per heavy atom. The maximum atomic E-state index is 10.5. The highest BCUT2D eigenvalue weighted by atomic mass is 16.5. The van der Waals surface area contributed by atoms with Gasteiger partial charge in [0.2, 0.25) is 0 Å². The lowest BCUT2D eigenvalue weighted by molar-refractivity contribution is -0.139. The van der Waals surface area contributed by atoms with Gasteiger partial charge in [-0.25, -0.2) is 9.78 Å². The summed E-state index contributed by atoms with van der Waals surface area (Å²) in [6.45, 7) is -0.389. The van der Waals surface area contributed by atoms with E-state index in [1.807, 2.05) is 36.4 Å². The number of aliphatic carboxylic acids is 1. The Labute approximate surface area is 144 Å². The molecule has 122 valence electrons. The van der Waals surface area contributed by atoms with Crippen LogP contribution in [0, 0.1) is 11.3 Å². The number of hydrogen-bond donors (Lipinski definition) is 1. The number of fused-ring (bicyclic) bond motifs is 1. The van der Waals surface area contributed by atoms with Crippen molar-refractivity contribution in [2.24, 2.45) is 0 Å². The average molecular weight is 330 g/mol. The van der Waals surface area contributed by atoms with Gasteiger partial charge in [0.15, 0.2) is 6.61 Å². The molecule has 3 rings (SSSR count). The van der Waals surface area contributed by atoms with Gasteiger partial charge in [-0.2, -0.15) is 5.26 Å². The van der Waals surface area contributed by atoms with E-state index in [1.54, 1.807) is 30.3 Å². The van der Waals surface area contributed by atoms with Crippen molar-refractivity contribution in [3.63, 3.8) is 0 Å². The Kier molecular flexibility index (Phi) is 4.72. The Morgan fingerprint density at radius 1 is 1.12 bits per heavy atom. The summed E-state index contributed by atoms with van der Waals surface area (Å²) >= 11 is 0. The molecular weight excluding hydrogens is 316 g/mol. The Hall–Kier alpha value is -3.65. The van der Waals surface area contributed by atoms with E-state index in [2.05, 4.69) is 11.1 Å². The van der Waals surface area contributed by atoms with Crippen molar-refractivity contribution in [3.8, 4) is 11.8 Å². The first kappa shape index (κ1) is 16.2. The van der Waals surface area contributed by atoms with E-state index in [9.17, 15) is 10.1 Å². The fourth-order valence-electron chi connectivity index (χ4n) is 2.35. The Morgan fingerprint density at radius 3 is 2.60 bits per heavy atom. The smallest absolute Gasteiger partial charge is 0.341 e. The van der Waals surface area contributed by atoms with E-state index in [4.69, 9.17) is 9.84 Å². The molecule has 0 radical (unpaired) electrons. The number of carboxylic acids is 1. The van der Waals surface area contributed by atoms with E-state index in [1.165, 1.54) is 0 Å². The van der Waals surface area contributed by atoms with Crippen LogP contribution >= 0.6 is 0 Å². The number of benzene rings is 2. The van der Waals surface area contributed by atoms with Crippen LogP contribution < -0.4 is 4.74 Å². The zero-order chi connectivity index (χ0) is 17.6. The molecule has 0 aliphatic heterocycles. The third-order valence-electron chi connectivity index (χ3n) is 3.55. The van der Waals surface area contributed by atoms with Crippen molar-refractivity contribution in [2.45, 2.75) is 0 Å². The highest BCUT2D eigenvalue weighted by Crippen LogP contribution is 2.21. The van der Waals surface area contributed by atoms with Crippen molar-refractivity contribution in [2.75, 3.05) is 6.61 Å². The average Bonchev–Trinajstić information content (AvgIpc) is 2.65. The molecule has 1 N–H and O–H groups in total. The van der Waals surface area contributed by atoms with Crippen molar-refractivity contribution >= 4 is 28.5 Å². The van der Waals surface area contributed by atoms with Crippen molar-refractivity contribution in [1.29, 1.82) is 5.26 Å². The van der Waals surface area contributed by atoms with Gasteiger partial charge in [0, 0.05) is 5.39 Å². The normalized spacial score (nSPS) is 11.1. The van der Waals surface area contributed by atoms with Crippen LogP contribution in [-0.2, 0) is 4.79 Å². The van der Waals surface area contributed by atoms with Gasteiger partial charge in [-0.05, 0) is 35.9 Å². The third-order valence-corrected chi connectivity index (χ3v) is 3.55. The molecule has 1 aromatic heterocycles. The van der Waals surface area contributed by atoms with Crippen LogP contribution in [0.3, 0.4) is 0 Å². The van der Waals surface area contributed by atoms with E-state index in [0.29, 0.717) is 17.0 Å². The number of pyridine rings is 1. The lowest BCUT2D eigenvalue weighted by Gasteiger charge is -2.04. The zero-order valence-electron chi connectivity index (χ0n) is 13.2. The topological polar surface area (TPSA) is 83.2 Å². The van der Waals surface area contributed by atoms with Crippen LogP contribution in [-0.4, -0.2) is 22.7 Å². The molecule has 3 aromatic rings. The largest absolute Gasteiger partial charge is 0.482 e. The van der Waals surface area contributed by atoms with Crippen LogP contribution in [0.4, 0.5) is 0 Å². The molecule has 0 atom stereocenters. The molecule has 1 heterocycles. The molecule has 5 heteroatoms. The standard InChI is InChI=1S/C20H14N2O3/c21-12-16(19-10-7-15-3-1-2-4-18(15)22-19)11-14-5-8-17(9-6-14)25-13-20(23)24/h1-11H,13H2,(H,23,24)/b16-11+. The maximum Gasteiger partial charge on any atom is 0.341 e. The summed E-state index contributed by atoms with van der Waals surface area (Å²) in [4.78, 5) is 15.0. The van der Waals surface area contributed by atoms with E-state index in [-0.39, 0.29) is 6.61 Å². The van der Waals surface area contributed by atoms with Gasteiger partial charge in [0.25, 0.3) is 0 Å². The SMILES string of the molecule is N#C/C(=C\c1ccc(OCC(=O)O)cc1)c1ccc2ccccc2n1. The first-order valence-electron chi connectivity index (χ1n) is 7.58. The Balaban J connectivity index is 1.86. The van der Waals surface area contributed by atoms with Crippen LogP contribution in [0.2, 0.25) is 0 Å². The van der Waals surface area contributed by atoms with E-state index >= 15 is 0 Å². The fraction of sp³-hybridized carbons (Fsp3) is 0.0500. The number of nitriles is 1. The fourth-order valence-corrected chi connectivity index (χ4v) is 2.35. The first-order chi connectivity index (χ1) is 12.2. The summed E-state index contributed by atoms with van der Waals surface area (Å²) in [7, 11) is 0. The van der Waals surface area contributed by atoms with Crippen molar-refractivity contribution in [3.05, 3.63) is 71.9 Å². The van der Waals surface area contributed by atoms with Gasteiger partial charge in [-0.1, -0.05) is 36.4 Å². The lowest BCUT2D eigenvalue weighted by atomic mass is 10.1. The van der Waals surface area contributed by atoms with Crippen LogP contribution in [0.25, 0.3) is 22.6 Å². The van der Waals surface area contributed by atoms with Gasteiger partial charge >= 0.3 is 5.97 Å².